The quantitative estimate of drug-likeness (QED) is 0.826. The second-order valence-electron chi connectivity index (χ2n) is 4.91. The number of nitriles is 1. The molecule has 1 aromatic heterocycles. The Bertz CT molecular complexity index is 711. The van der Waals surface area contributed by atoms with Crippen LogP contribution in [0.5, 0.6) is 0 Å². The Morgan fingerprint density at radius 2 is 1.86 bits per heavy atom. The molecular weight excluding hydrogens is 296 g/mol. The maximum absolute atomic E-state index is 11.9. The molecule has 22 heavy (non-hydrogen) atoms. The van der Waals surface area contributed by atoms with E-state index in [-0.39, 0.29) is 24.5 Å². The largest absolute Gasteiger partial charge is 0.326 e. The van der Waals surface area contributed by atoms with E-state index in [1.54, 1.807) is 30.3 Å². The highest BCUT2D eigenvalue weighted by molar-refractivity contribution is 7.14. The molecule has 0 radical (unpaired) electrons. The predicted octanol–water partition coefficient (Wildman–Crippen LogP) is 3.72. The van der Waals surface area contributed by atoms with Gasteiger partial charge >= 0.3 is 0 Å². The molecule has 2 aromatic rings. The number of carbonyl (C=O) groups is 2. The first-order valence-corrected chi connectivity index (χ1v) is 7.75. The molecule has 0 aliphatic carbocycles. The van der Waals surface area contributed by atoms with Crippen LogP contribution >= 0.6 is 11.3 Å². The number of thiophene rings is 1. The number of nitrogens with zero attached hydrogens (tertiary/aromatic N) is 1. The number of benzene rings is 1. The minimum absolute atomic E-state index is 0.00221. The lowest BCUT2D eigenvalue weighted by atomic mass is 10.1. The third-order valence-corrected chi connectivity index (χ3v) is 4.16. The highest BCUT2D eigenvalue weighted by atomic mass is 32.1. The maximum Gasteiger partial charge on any atom is 0.224 e. The van der Waals surface area contributed by atoms with Crippen molar-refractivity contribution in [3.05, 3.63) is 51.7 Å². The molecule has 0 unspecified atom stereocenters. The van der Waals surface area contributed by atoms with Gasteiger partial charge in [-0.15, -0.1) is 11.3 Å². The van der Waals surface area contributed by atoms with Gasteiger partial charge in [0.25, 0.3) is 0 Å². The van der Waals surface area contributed by atoms with Gasteiger partial charge in [0, 0.05) is 23.4 Å². The summed E-state index contributed by atoms with van der Waals surface area (Å²) in [4.78, 5) is 25.6. The predicted molar refractivity (Wildman–Crippen MR) is 87.0 cm³/mol. The molecular formula is C17H16N2O2S. The number of ketones is 1. The maximum atomic E-state index is 11.9. The number of anilines is 1. The highest BCUT2D eigenvalue weighted by Crippen LogP contribution is 2.18. The number of carbonyl (C=O) groups excluding carboxylic acids is 2. The van der Waals surface area contributed by atoms with Crippen LogP contribution in [0.1, 0.15) is 33.0 Å². The van der Waals surface area contributed by atoms with E-state index < -0.39 is 0 Å². The van der Waals surface area contributed by atoms with Crippen LogP contribution in [-0.2, 0) is 11.2 Å². The molecule has 0 aliphatic rings. The molecule has 1 heterocycles. The first kappa shape index (κ1) is 15.9. The van der Waals surface area contributed by atoms with Crippen molar-refractivity contribution in [2.45, 2.75) is 26.2 Å². The number of aryl methyl sites for hydroxylation is 1. The van der Waals surface area contributed by atoms with E-state index in [2.05, 4.69) is 11.4 Å². The number of nitrogens with one attached hydrogen (secondary N) is 1. The van der Waals surface area contributed by atoms with E-state index in [4.69, 9.17) is 5.26 Å². The van der Waals surface area contributed by atoms with E-state index in [1.807, 2.05) is 13.0 Å². The molecule has 0 saturated carbocycles. The zero-order valence-corrected chi connectivity index (χ0v) is 13.1. The fourth-order valence-corrected chi connectivity index (χ4v) is 2.79. The van der Waals surface area contributed by atoms with Gasteiger partial charge in [0.1, 0.15) is 0 Å². The molecule has 1 aromatic carbocycles. The molecule has 0 bridgehead atoms. The number of rotatable bonds is 6. The van der Waals surface area contributed by atoms with Crippen molar-refractivity contribution < 1.29 is 9.59 Å². The smallest absolute Gasteiger partial charge is 0.224 e. The monoisotopic (exact) mass is 312 g/mol. The zero-order chi connectivity index (χ0) is 15.9. The van der Waals surface area contributed by atoms with Gasteiger partial charge in [-0.05, 0) is 36.8 Å². The van der Waals surface area contributed by atoms with Gasteiger partial charge in [-0.1, -0.05) is 12.1 Å². The lowest BCUT2D eigenvalue weighted by molar-refractivity contribution is -0.116. The molecule has 5 heteroatoms. The van der Waals surface area contributed by atoms with Crippen LogP contribution in [0.25, 0.3) is 0 Å². The minimum atomic E-state index is -0.185. The van der Waals surface area contributed by atoms with Gasteiger partial charge in [0.05, 0.1) is 17.4 Å². The Labute approximate surface area is 133 Å². The van der Waals surface area contributed by atoms with Crippen LogP contribution in [0.3, 0.4) is 0 Å². The lowest BCUT2D eigenvalue weighted by Gasteiger charge is -2.05. The summed E-state index contributed by atoms with van der Waals surface area (Å²) in [5, 5.41) is 11.4. The summed E-state index contributed by atoms with van der Waals surface area (Å²) >= 11 is 1.45. The van der Waals surface area contributed by atoms with E-state index in [0.29, 0.717) is 17.0 Å². The number of amides is 1. The number of hydrogen-bond donors (Lipinski definition) is 1. The second kappa shape index (κ2) is 7.53. The standard InChI is InChI=1S/C17H16N2O2S/c1-12-2-8-16(22-12)15(20)7-9-17(21)19-14-5-3-13(4-6-14)10-11-18/h2-6,8H,7,9-10H2,1H3,(H,19,21). The molecule has 0 spiro atoms. The summed E-state index contributed by atoms with van der Waals surface area (Å²) in [6.45, 7) is 1.95. The highest BCUT2D eigenvalue weighted by Gasteiger charge is 2.11. The average molecular weight is 312 g/mol. The van der Waals surface area contributed by atoms with Crippen molar-refractivity contribution in [1.82, 2.24) is 0 Å². The van der Waals surface area contributed by atoms with Gasteiger partial charge in [-0.25, -0.2) is 0 Å². The summed E-state index contributed by atoms with van der Waals surface area (Å²) < 4.78 is 0. The topological polar surface area (TPSA) is 70.0 Å². The van der Waals surface area contributed by atoms with Crippen LogP contribution in [0, 0.1) is 18.3 Å². The fraction of sp³-hybridized carbons (Fsp3) is 0.235. The Morgan fingerprint density at radius 3 is 2.45 bits per heavy atom. The number of Topliss-reactive ketones (excluding diaryl/α,β-unsaturated/α-hetero) is 1. The van der Waals surface area contributed by atoms with Crippen molar-refractivity contribution in [3.8, 4) is 6.07 Å². The first-order chi connectivity index (χ1) is 10.6. The van der Waals surface area contributed by atoms with Crippen LogP contribution < -0.4 is 5.32 Å². The normalized spacial score (nSPS) is 10.0. The Hall–Kier alpha value is -2.45. The molecule has 112 valence electrons. The summed E-state index contributed by atoms with van der Waals surface area (Å²) in [6.07, 6.45) is 0.719. The lowest BCUT2D eigenvalue weighted by Crippen LogP contribution is -2.13. The van der Waals surface area contributed by atoms with Crippen LogP contribution in [0.2, 0.25) is 0 Å². The fourth-order valence-electron chi connectivity index (χ4n) is 1.96. The molecule has 0 aliphatic heterocycles. The average Bonchev–Trinajstić information content (AvgIpc) is 2.94. The van der Waals surface area contributed by atoms with Crippen LogP contribution in [0.15, 0.2) is 36.4 Å². The second-order valence-corrected chi connectivity index (χ2v) is 6.20. The molecule has 2 rings (SSSR count). The molecule has 4 nitrogen and oxygen atoms in total. The SMILES string of the molecule is Cc1ccc(C(=O)CCC(=O)Nc2ccc(CC#N)cc2)s1. The van der Waals surface area contributed by atoms with Gasteiger partial charge in [0.15, 0.2) is 5.78 Å². The van der Waals surface area contributed by atoms with Gasteiger partial charge < -0.3 is 5.32 Å². The van der Waals surface area contributed by atoms with E-state index in [9.17, 15) is 9.59 Å². The summed E-state index contributed by atoms with van der Waals surface area (Å²) in [6, 6.07) is 12.9. The summed E-state index contributed by atoms with van der Waals surface area (Å²) in [5.41, 5.74) is 1.58. The third-order valence-electron chi connectivity index (χ3n) is 3.12. The molecule has 0 fully saturated rings. The van der Waals surface area contributed by atoms with Gasteiger partial charge in [0.2, 0.25) is 5.91 Å². The Morgan fingerprint density at radius 1 is 1.14 bits per heavy atom. The van der Waals surface area contributed by atoms with Crippen molar-refractivity contribution in [2.75, 3.05) is 5.32 Å². The van der Waals surface area contributed by atoms with Crippen molar-refractivity contribution in [1.29, 1.82) is 5.26 Å². The van der Waals surface area contributed by atoms with E-state index >= 15 is 0 Å². The first-order valence-electron chi connectivity index (χ1n) is 6.94. The van der Waals surface area contributed by atoms with Crippen molar-refractivity contribution in [3.63, 3.8) is 0 Å². The molecule has 1 amide bonds. The minimum Gasteiger partial charge on any atom is -0.326 e. The molecule has 1 N–H and O–H groups in total. The van der Waals surface area contributed by atoms with E-state index in [1.165, 1.54) is 11.3 Å². The summed E-state index contributed by atoms with van der Waals surface area (Å²) in [5.74, 6) is -0.188. The van der Waals surface area contributed by atoms with E-state index in [0.717, 1.165) is 10.4 Å². The third kappa shape index (κ3) is 4.54. The Kier molecular flexibility index (Phi) is 5.45. The number of hydrogen-bond acceptors (Lipinski definition) is 4. The molecule has 0 atom stereocenters. The van der Waals surface area contributed by atoms with Crippen LogP contribution in [0.4, 0.5) is 5.69 Å². The summed E-state index contributed by atoms with van der Waals surface area (Å²) in [7, 11) is 0. The zero-order valence-electron chi connectivity index (χ0n) is 12.3. The van der Waals surface area contributed by atoms with Gasteiger partial charge in [-0.3, -0.25) is 9.59 Å². The Balaban J connectivity index is 1.82. The van der Waals surface area contributed by atoms with Crippen LogP contribution in [-0.4, -0.2) is 11.7 Å². The van der Waals surface area contributed by atoms with Crippen molar-refractivity contribution >= 4 is 28.7 Å². The molecule has 0 saturated heterocycles. The van der Waals surface area contributed by atoms with Gasteiger partial charge in [-0.2, -0.15) is 5.26 Å². The van der Waals surface area contributed by atoms with Crippen molar-refractivity contribution in [2.24, 2.45) is 0 Å².